The number of H-pyrrole nitrogens is 1. The number of amides is 2. The molecule has 1 saturated carbocycles. The fraction of sp³-hybridized carbons (Fsp3) is 0.688. The summed E-state index contributed by atoms with van der Waals surface area (Å²) in [6, 6.07) is 0. The molecule has 1 saturated heterocycles. The molecule has 138 valence electrons. The van der Waals surface area contributed by atoms with Gasteiger partial charge in [-0.15, -0.1) is 0 Å². The van der Waals surface area contributed by atoms with Gasteiger partial charge in [-0.1, -0.05) is 0 Å². The largest absolute Gasteiger partial charge is 0.435 e. The quantitative estimate of drug-likeness (QED) is 0.865. The number of halogens is 3. The van der Waals surface area contributed by atoms with E-state index in [-0.39, 0.29) is 24.1 Å². The number of alkyl halides is 3. The molecular weight excluding hydrogens is 337 g/mol. The number of aromatic nitrogens is 2. The van der Waals surface area contributed by atoms with Crippen LogP contribution >= 0.6 is 0 Å². The Hall–Kier alpha value is -2.06. The van der Waals surface area contributed by atoms with Crippen LogP contribution in [0.2, 0.25) is 0 Å². The summed E-state index contributed by atoms with van der Waals surface area (Å²) in [7, 11) is 0. The monoisotopic (exact) mass is 358 g/mol. The van der Waals surface area contributed by atoms with E-state index in [0.29, 0.717) is 31.8 Å². The molecule has 1 unspecified atom stereocenters. The standard InChI is InChI=1S/C16H21F3N4O2/c1-9-12(13(22-21-9)16(17,18)19)15(25)23-6-2-3-11(8-23)14(24)20-7-10-4-5-10/h10-11H,2-8H2,1H3,(H,20,24)(H,21,22). The molecule has 6 nitrogen and oxygen atoms in total. The summed E-state index contributed by atoms with van der Waals surface area (Å²) in [5.74, 6) is -0.672. The number of aryl methyl sites for hydroxylation is 1. The van der Waals surface area contributed by atoms with Crippen LogP contribution < -0.4 is 5.32 Å². The summed E-state index contributed by atoms with van der Waals surface area (Å²) >= 11 is 0. The summed E-state index contributed by atoms with van der Waals surface area (Å²) in [6.07, 6.45) is -1.24. The molecule has 1 atom stereocenters. The number of hydrogen-bond acceptors (Lipinski definition) is 3. The van der Waals surface area contributed by atoms with Gasteiger partial charge >= 0.3 is 6.18 Å². The van der Waals surface area contributed by atoms with E-state index in [1.165, 1.54) is 11.8 Å². The lowest BCUT2D eigenvalue weighted by Crippen LogP contribution is -2.46. The number of hydrogen-bond donors (Lipinski definition) is 2. The van der Waals surface area contributed by atoms with E-state index >= 15 is 0 Å². The zero-order valence-corrected chi connectivity index (χ0v) is 13.9. The van der Waals surface area contributed by atoms with Crippen LogP contribution in [-0.2, 0) is 11.0 Å². The SMILES string of the molecule is Cc1[nH]nc(C(F)(F)F)c1C(=O)N1CCCC(C(=O)NCC2CC2)C1. The second kappa shape index (κ2) is 6.68. The Morgan fingerprint density at radius 2 is 2.04 bits per heavy atom. The van der Waals surface area contributed by atoms with E-state index in [1.807, 2.05) is 0 Å². The zero-order valence-electron chi connectivity index (χ0n) is 13.9. The van der Waals surface area contributed by atoms with Crippen LogP contribution in [-0.4, -0.2) is 46.5 Å². The van der Waals surface area contributed by atoms with Gasteiger partial charge in [-0.25, -0.2) is 0 Å². The van der Waals surface area contributed by atoms with E-state index in [4.69, 9.17) is 0 Å². The minimum atomic E-state index is -4.70. The van der Waals surface area contributed by atoms with Gasteiger partial charge in [0.05, 0.1) is 11.5 Å². The van der Waals surface area contributed by atoms with Crippen LogP contribution in [0.5, 0.6) is 0 Å². The zero-order chi connectivity index (χ0) is 18.2. The number of rotatable bonds is 4. The number of carbonyl (C=O) groups is 2. The van der Waals surface area contributed by atoms with Gasteiger partial charge in [-0.05, 0) is 38.5 Å². The lowest BCUT2D eigenvalue weighted by Gasteiger charge is -2.32. The van der Waals surface area contributed by atoms with Gasteiger partial charge in [0.15, 0.2) is 5.69 Å². The average molecular weight is 358 g/mol. The first kappa shape index (κ1) is 17.8. The van der Waals surface area contributed by atoms with E-state index in [2.05, 4.69) is 15.5 Å². The van der Waals surface area contributed by atoms with E-state index in [1.54, 1.807) is 0 Å². The minimum absolute atomic E-state index is 0.0811. The van der Waals surface area contributed by atoms with Crippen molar-refractivity contribution in [3.63, 3.8) is 0 Å². The summed E-state index contributed by atoms with van der Waals surface area (Å²) in [4.78, 5) is 26.2. The number of nitrogens with one attached hydrogen (secondary N) is 2. The van der Waals surface area contributed by atoms with Crippen molar-refractivity contribution in [1.82, 2.24) is 20.4 Å². The molecule has 9 heteroatoms. The minimum Gasteiger partial charge on any atom is -0.356 e. The average Bonchev–Trinajstić information content (AvgIpc) is 3.31. The van der Waals surface area contributed by atoms with Gasteiger partial charge in [0.2, 0.25) is 5.91 Å². The molecule has 1 aromatic rings. The number of nitrogens with zero attached hydrogens (tertiary/aromatic N) is 2. The number of likely N-dealkylation sites (tertiary alicyclic amines) is 1. The maximum Gasteiger partial charge on any atom is 0.435 e. The fourth-order valence-electron chi connectivity index (χ4n) is 3.14. The van der Waals surface area contributed by atoms with Crippen LogP contribution in [0, 0.1) is 18.8 Å². The lowest BCUT2D eigenvalue weighted by atomic mass is 9.96. The second-order valence-corrected chi connectivity index (χ2v) is 6.85. The Morgan fingerprint density at radius 3 is 2.68 bits per heavy atom. The molecule has 1 aromatic heterocycles. The summed E-state index contributed by atoms with van der Waals surface area (Å²) < 4.78 is 39.2. The first-order valence-electron chi connectivity index (χ1n) is 8.46. The third-order valence-electron chi connectivity index (χ3n) is 4.77. The lowest BCUT2D eigenvalue weighted by molar-refractivity contribution is -0.141. The van der Waals surface area contributed by atoms with Gasteiger partial charge in [0.25, 0.3) is 5.91 Å². The highest BCUT2D eigenvalue weighted by atomic mass is 19.4. The van der Waals surface area contributed by atoms with E-state index < -0.39 is 23.3 Å². The van der Waals surface area contributed by atoms with E-state index in [9.17, 15) is 22.8 Å². The smallest absolute Gasteiger partial charge is 0.356 e. The molecule has 0 radical (unpaired) electrons. The first-order chi connectivity index (χ1) is 11.8. The number of piperidine rings is 1. The van der Waals surface area contributed by atoms with Crippen LogP contribution in [0.25, 0.3) is 0 Å². The van der Waals surface area contributed by atoms with Crippen molar-refractivity contribution >= 4 is 11.8 Å². The summed E-state index contributed by atoms with van der Waals surface area (Å²) in [5, 5.41) is 8.36. The number of carbonyl (C=O) groups excluding carboxylic acids is 2. The molecule has 1 aliphatic heterocycles. The number of aromatic amines is 1. The molecule has 3 rings (SSSR count). The highest BCUT2D eigenvalue weighted by Crippen LogP contribution is 2.33. The third kappa shape index (κ3) is 3.96. The van der Waals surface area contributed by atoms with Gasteiger partial charge < -0.3 is 10.2 Å². The summed E-state index contributed by atoms with van der Waals surface area (Å²) in [6.45, 7) is 2.51. The molecule has 2 N–H and O–H groups in total. The Labute approximate surface area is 143 Å². The van der Waals surface area contributed by atoms with Crippen molar-refractivity contribution in [3.05, 3.63) is 17.0 Å². The molecule has 2 aliphatic rings. The van der Waals surface area contributed by atoms with Crippen molar-refractivity contribution in [2.75, 3.05) is 19.6 Å². The van der Waals surface area contributed by atoms with Crippen LogP contribution in [0.1, 0.15) is 47.4 Å². The molecule has 0 spiro atoms. The molecule has 25 heavy (non-hydrogen) atoms. The van der Waals surface area contributed by atoms with Gasteiger partial charge in [-0.3, -0.25) is 14.7 Å². The van der Waals surface area contributed by atoms with Crippen LogP contribution in [0.3, 0.4) is 0 Å². The molecule has 2 heterocycles. The molecule has 2 fully saturated rings. The molecule has 1 aliphatic carbocycles. The van der Waals surface area contributed by atoms with Crippen molar-refractivity contribution in [2.45, 2.75) is 38.8 Å². The predicted octanol–water partition coefficient (Wildman–Crippen LogP) is 2.12. The molecule has 0 aromatic carbocycles. The Kier molecular flexibility index (Phi) is 4.75. The predicted molar refractivity (Wildman–Crippen MR) is 82.7 cm³/mol. The highest BCUT2D eigenvalue weighted by molar-refractivity contribution is 5.97. The molecular formula is C16H21F3N4O2. The van der Waals surface area contributed by atoms with Gasteiger partial charge in [0, 0.05) is 25.3 Å². The van der Waals surface area contributed by atoms with Crippen molar-refractivity contribution in [1.29, 1.82) is 0 Å². The maximum atomic E-state index is 13.1. The van der Waals surface area contributed by atoms with Crippen LogP contribution in [0.15, 0.2) is 0 Å². The maximum absolute atomic E-state index is 13.1. The Balaban J connectivity index is 1.69. The highest BCUT2D eigenvalue weighted by Gasteiger charge is 2.41. The van der Waals surface area contributed by atoms with E-state index in [0.717, 1.165) is 12.8 Å². The molecule has 0 bridgehead atoms. The topological polar surface area (TPSA) is 78.1 Å². The second-order valence-electron chi connectivity index (χ2n) is 6.85. The van der Waals surface area contributed by atoms with Crippen molar-refractivity contribution < 1.29 is 22.8 Å². The fourth-order valence-corrected chi connectivity index (χ4v) is 3.14. The third-order valence-corrected chi connectivity index (χ3v) is 4.77. The van der Waals surface area contributed by atoms with Gasteiger partial charge in [0.1, 0.15) is 0 Å². The van der Waals surface area contributed by atoms with Crippen molar-refractivity contribution in [3.8, 4) is 0 Å². The Morgan fingerprint density at radius 1 is 1.32 bits per heavy atom. The molecule has 2 amide bonds. The first-order valence-corrected chi connectivity index (χ1v) is 8.46. The summed E-state index contributed by atoms with van der Waals surface area (Å²) in [5.41, 5.74) is -1.57. The van der Waals surface area contributed by atoms with Gasteiger partial charge in [-0.2, -0.15) is 18.3 Å². The normalized spacial score (nSPS) is 21.3. The Bertz CT molecular complexity index is 667. The van der Waals surface area contributed by atoms with Crippen molar-refractivity contribution in [2.24, 2.45) is 11.8 Å². The van der Waals surface area contributed by atoms with Crippen LogP contribution in [0.4, 0.5) is 13.2 Å².